The summed E-state index contributed by atoms with van der Waals surface area (Å²) in [5, 5.41) is 3.22. The number of aromatic nitrogens is 1. The number of hydrogen-bond donors (Lipinski definition) is 1. The lowest BCUT2D eigenvalue weighted by Crippen LogP contribution is -2.31. The number of pyridine rings is 1. The van der Waals surface area contributed by atoms with Crippen LogP contribution >= 0.6 is 0 Å². The van der Waals surface area contributed by atoms with Crippen LogP contribution in [0.3, 0.4) is 0 Å². The molecule has 3 nitrogen and oxygen atoms in total. The maximum atomic E-state index is 12.5. The van der Waals surface area contributed by atoms with Crippen molar-refractivity contribution in [1.29, 1.82) is 0 Å². The van der Waals surface area contributed by atoms with E-state index in [0.717, 1.165) is 24.3 Å². The monoisotopic (exact) mass is 250 g/mol. The molecule has 0 aliphatic rings. The number of nitrogens with zero attached hydrogens (tertiary/aromatic N) is 1. The van der Waals surface area contributed by atoms with Gasteiger partial charge in [0.2, 0.25) is 0 Å². The zero-order valence-electron chi connectivity index (χ0n) is 12.3. The molecule has 0 bridgehead atoms. The fraction of sp³-hybridized carbons (Fsp3) is 0.667. The molecule has 0 atom stereocenters. The second-order valence-corrected chi connectivity index (χ2v) is 5.53. The second-order valence-electron chi connectivity index (χ2n) is 5.53. The van der Waals surface area contributed by atoms with E-state index in [1.54, 1.807) is 0 Å². The van der Waals surface area contributed by atoms with Gasteiger partial charge in [-0.25, -0.2) is 0 Å². The largest absolute Gasteiger partial charge is 0.313 e. The first-order valence-corrected chi connectivity index (χ1v) is 6.90. The van der Waals surface area contributed by atoms with Gasteiger partial charge in [0.25, 0.3) is 5.56 Å². The van der Waals surface area contributed by atoms with Crippen molar-refractivity contribution < 1.29 is 0 Å². The van der Waals surface area contributed by atoms with E-state index in [2.05, 4.69) is 46.0 Å². The van der Waals surface area contributed by atoms with Crippen LogP contribution in [0.5, 0.6) is 0 Å². The van der Waals surface area contributed by atoms with E-state index in [4.69, 9.17) is 0 Å². The Balaban J connectivity index is 3.17. The van der Waals surface area contributed by atoms with Gasteiger partial charge in [0, 0.05) is 24.3 Å². The van der Waals surface area contributed by atoms with Crippen molar-refractivity contribution in [2.24, 2.45) is 5.92 Å². The molecule has 18 heavy (non-hydrogen) atoms. The van der Waals surface area contributed by atoms with Gasteiger partial charge < -0.3 is 9.88 Å². The van der Waals surface area contributed by atoms with E-state index in [1.165, 1.54) is 0 Å². The van der Waals surface area contributed by atoms with Gasteiger partial charge in [-0.1, -0.05) is 40.7 Å². The molecule has 1 N–H and O–H groups in total. The molecule has 0 saturated carbocycles. The summed E-state index contributed by atoms with van der Waals surface area (Å²) in [6.45, 7) is 13.0. The average molecular weight is 250 g/mol. The van der Waals surface area contributed by atoms with Gasteiger partial charge in [0.15, 0.2) is 0 Å². The van der Waals surface area contributed by atoms with E-state index >= 15 is 0 Å². The normalized spacial score (nSPS) is 11.5. The first-order chi connectivity index (χ1) is 8.47. The van der Waals surface area contributed by atoms with Crippen molar-refractivity contribution in [3.63, 3.8) is 0 Å². The molecule has 0 aromatic carbocycles. The first-order valence-electron chi connectivity index (χ1n) is 6.90. The molecule has 0 aliphatic heterocycles. The molecule has 1 aromatic heterocycles. The number of nitrogens with one attached hydrogen (secondary N) is 1. The van der Waals surface area contributed by atoms with Gasteiger partial charge >= 0.3 is 0 Å². The van der Waals surface area contributed by atoms with Gasteiger partial charge in [-0.3, -0.25) is 4.79 Å². The Kier molecular flexibility index (Phi) is 5.60. The lowest BCUT2D eigenvalue weighted by Gasteiger charge is -2.18. The lowest BCUT2D eigenvalue weighted by molar-refractivity contribution is 0.484. The van der Waals surface area contributed by atoms with Crippen LogP contribution < -0.4 is 10.9 Å². The SMILES string of the molecule is CCNCc1ccc(C(C)C)n(CC(C)C)c1=O. The van der Waals surface area contributed by atoms with Gasteiger partial charge in [-0.05, 0) is 24.4 Å². The molecule has 0 radical (unpaired) electrons. The second kappa shape index (κ2) is 6.74. The van der Waals surface area contributed by atoms with Crippen molar-refractivity contribution in [2.75, 3.05) is 6.54 Å². The number of rotatable bonds is 6. The van der Waals surface area contributed by atoms with Gasteiger partial charge in [0.1, 0.15) is 0 Å². The molecule has 0 fully saturated rings. The Labute approximate surface area is 110 Å². The Bertz CT molecular complexity index is 433. The molecule has 0 spiro atoms. The molecule has 1 heterocycles. The summed E-state index contributed by atoms with van der Waals surface area (Å²) in [5.41, 5.74) is 2.16. The van der Waals surface area contributed by atoms with E-state index in [-0.39, 0.29) is 5.56 Å². The fourth-order valence-electron chi connectivity index (χ4n) is 2.09. The third-order valence-corrected chi connectivity index (χ3v) is 2.99. The third-order valence-electron chi connectivity index (χ3n) is 2.99. The molecular weight excluding hydrogens is 224 g/mol. The molecule has 0 aliphatic carbocycles. The highest BCUT2D eigenvalue weighted by atomic mass is 16.1. The molecule has 0 amide bonds. The topological polar surface area (TPSA) is 34.0 Å². The minimum Gasteiger partial charge on any atom is -0.313 e. The highest BCUT2D eigenvalue weighted by Gasteiger charge is 2.12. The first kappa shape index (κ1) is 15.0. The van der Waals surface area contributed by atoms with Gasteiger partial charge in [0.05, 0.1) is 0 Å². The summed E-state index contributed by atoms with van der Waals surface area (Å²) >= 11 is 0. The molecule has 1 aromatic rings. The van der Waals surface area contributed by atoms with Crippen molar-refractivity contribution in [3.8, 4) is 0 Å². The molecule has 1 rings (SSSR count). The van der Waals surface area contributed by atoms with Crippen LogP contribution in [0.1, 0.15) is 51.8 Å². The van der Waals surface area contributed by atoms with Crippen LogP contribution in [0.15, 0.2) is 16.9 Å². The van der Waals surface area contributed by atoms with E-state index in [0.29, 0.717) is 18.4 Å². The van der Waals surface area contributed by atoms with Crippen molar-refractivity contribution >= 4 is 0 Å². The summed E-state index contributed by atoms with van der Waals surface area (Å²) in [6, 6.07) is 4.07. The molecule has 3 heteroatoms. The van der Waals surface area contributed by atoms with Crippen LogP contribution in [-0.4, -0.2) is 11.1 Å². The number of hydrogen-bond acceptors (Lipinski definition) is 2. The molecular formula is C15H26N2O. The maximum absolute atomic E-state index is 12.5. The maximum Gasteiger partial charge on any atom is 0.255 e. The molecule has 102 valence electrons. The Hall–Kier alpha value is -1.09. The standard InChI is InChI=1S/C15H26N2O/c1-6-16-9-13-7-8-14(12(4)5)17(15(13)18)10-11(2)3/h7-8,11-12,16H,6,9-10H2,1-5H3. The van der Waals surface area contributed by atoms with Gasteiger partial charge in [-0.2, -0.15) is 0 Å². The van der Waals surface area contributed by atoms with E-state index in [1.807, 2.05) is 10.6 Å². The summed E-state index contributed by atoms with van der Waals surface area (Å²) in [5.74, 6) is 0.860. The Morgan fingerprint density at radius 3 is 2.39 bits per heavy atom. The predicted octanol–water partition coefficient (Wildman–Crippen LogP) is 2.74. The van der Waals surface area contributed by atoms with E-state index < -0.39 is 0 Å². The van der Waals surface area contributed by atoms with Crippen molar-refractivity contribution in [3.05, 3.63) is 33.7 Å². The minimum atomic E-state index is 0.163. The minimum absolute atomic E-state index is 0.163. The van der Waals surface area contributed by atoms with Crippen LogP contribution in [0, 0.1) is 5.92 Å². The Morgan fingerprint density at radius 2 is 1.89 bits per heavy atom. The molecule has 0 saturated heterocycles. The summed E-state index contributed by atoms with van der Waals surface area (Å²) in [4.78, 5) is 12.5. The zero-order chi connectivity index (χ0) is 13.7. The quantitative estimate of drug-likeness (QED) is 0.842. The molecule has 0 unspecified atom stereocenters. The van der Waals surface area contributed by atoms with Crippen LogP contribution in [0.25, 0.3) is 0 Å². The lowest BCUT2D eigenvalue weighted by atomic mass is 10.1. The summed E-state index contributed by atoms with van der Waals surface area (Å²) < 4.78 is 1.95. The van der Waals surface area contributed by atoms with Crippen molar-refractivity contribution in [1.82, 2.24) is 9.88 Å². The smallest absolute Gasteiger partial charge is 0.255 e. The average Bonchev–Trinajstić information content (AvgIpc) is 2.29. The zero-order valence-corrected chi connectivity index (χ0v) is 12.3. The highest BCUT2D eigenvalue weighted by Crippen LogP contribution is 2.14. The van der Waals surface area contributed by atoms with Crippen LogP contribution in [0.4, 0.5) is 0 Å². The Morgan fingerprint density at radius 1 is 1.22 bits per heavy atom. The van der Waals surface area contributed by atoms with Gasteiger partial charge in [-0.15, -0.1) is 0 Å². The van der Waals surface area contributed by atoms with Crippen molar-refractivity contribution in [2.45, 2.75) is 53.6 Å². The summed E-state index contributed by atoms with van der Waals surface area (Å²) in [7, 11) is 0. The summed E-state index contributed by atoms with van der Waals surface area (Å²) in [6.07, 6.45) is 0. The third kappa shape index (κ3) is 3.70. The fourth-order valence-corrected chi connectivity index (χ4v) is 2.09. The van der Waals surface area contributed by atoms with Crippen LogP contribution in [0.2, 0.25) is 0 Å². The predicted molar refractivity (Wildman–Crippen MR) is 77.0 cm³/mol. The van der Waals surface area contributed by atoms with E-state index in [9.17, 15) is 4.79 Å². The van der Waals surface area contributed by atoms with Crippen LogP contribution in [-0.2, 0) is 13.1 Å². The highest BCUT2D eigenvalue weighted by molar-refractivity contribution is 5.18.